The van der Waals surface area contributed by atoms with E-state index in [2.05, 4.69) is 25.6 Å². The maximum absolute atomic E-state index is 13.4. The fraction of sp³-hybridized carbons (Fsp3) is 0.185. The van der Waals surface area contributed by atoms with Crippen LogP contribution in [-0.2, 0) is 19.2 Å². The average Bonchev–Trinajstić information content (AvgIpc) is 3.68. The van der Waals surface area contributed by atoms with E-state index in [1.807, 2.05) is 49.9 Å². The van der Waals surface area contributed by atoms with Crippen LogP contribution in [0.1, 0.15) is 28.0 Å². The fourth-order valence-electron chi connectivity index (χ4n) is 3.82. The summed E-state index contributed by atoms with van der Waals surface area (Å²) < 4.78 is 15.2. The minimum absolute atomic E-state index is 0.113. The highest BCUT2D eigenvalue weighted by molar-refractivity contribution is 7.98. The van der Waals surface area contributed by atoms with Gasteiger partial charge in [0.05, 0.1) is 16.8 Å². The van der Waals surface area contributed by atoms with Crippen molar-refractivity contribution in [2.45, 2.75) is 23.5 Å². The lowest BCUT2D eigenvalue weighted by Crippen LogP contribution is -2.24. The van der Waals surface area contributed by atoms with E-state index in [1.165, 1.54) is 23.5 Å². The maximum atomic E-state index is 13.4. The molecular weight excluding hydrogens is 507 g/mol. The first-order valence-corrected chi connectivity index (χ1v) is 13.6. The fourth-order valence-corrected chi connectivity index (χ4v) is 5.78. The van der Waals surface area contributed by atoms with Gasteiger partial charge in [0.15, 0.2) is 0 Å². The highest BCUT2D eigenvalue weighted by Crippen LogP contribution is 2.39. The van der Waals surface area contributed by atoms with Crippen LogP contribution in [0.25, 0.3) is 21.0 Å². The lowest BCUT2D eigenvalue weighted by molar-refractivity contribution is 0.0953. The number of hydrogen-bond acceptors (Lipinski definition) is 6. The van der Waals surface area contributed by atoms with Crippen molar-refractivity contribution < 1.29 is 9.18 Å². The van der Waals surface area contributed by atoms with Crippen molar-refractivity contribution in [3.63, 3.8) is 0 Å². The minimum atomic E-state index is -0.280. The summed E-state index contributed by atoms with van der Waals surface area (Å²) in [5.41, 5.74) is 4.49. The number of aromatic nitrogens is 5. The molecule has 0 aliphatic rings. The van der Waals surface area contributed by atoms with Gasteiger partial charge in [-0.05, 0) is 66.9 Å². The molecule has 3 aromatic heterocycles. The Labute approximate surface area is 222 Å². The number of nitrogens with one attached hydrogen (secondary N) is 2. The van der Waals surface area contributed by atoms with Gasteiger partial charge in [-0.3, -0.25) is 14.6 Å². The SMILES string of the molecule is Cn1ccc(CSc2ccc(C(=O)NCCCc3cn[nH]c3)cc2-c2cnc(-c3ccc(F)cc3)s2)n1. The zero-order chi connectivity index (χ0) is 25.6. The molecule has 0 saturated carbocycles. The van der Waals surface area contributed by atoms with Gasteiger partial charge in [0.25, 0.3) is 5.91 Å². The molecule has 0 aliphatic carbocycles. The number of amides is 1. The number of thiazole rings is 1. The van der Waals surface area contributed by atoms with Crippen molar-refractivity contribution in [3.05, 3.63) is 96.0 Å². The van der Waals surface area contributed by atoms with Gasteiger partial charge in [-0.1, -0.05) is 0 Å². The number of rotatable bonds is 10. The number of aromatic amines is 1. The van der Waals surface area contributed by atoms with Gasteiger partial charge in [0.2, 0.25) is 0 Å². The topological polar surface area (TPSA) is 88.5 Å². The normalized spacial score (nSPS) is 11.1. The number of halogens is 1. The van der Waals surface area contributed by atoms with E-state index in [0.29, 0.717) is 17.9 Å². The molecule has 5 aromatic rings. The van der Waals surface area contributed by atoms with E-state index in [0.717, 1.165) is 50.0 Å². The van der Waals surface area contributed by atoms with Gasteiger partial charge >= 0.3 is 0 Å². The van der Waals surface area contributed by atoms with Crippen LogP contribution in [-0.4, -0.2) is 37.4 Å². The number of H-pyrrole nitrogens is 1. The quantitative estimate of drug-likeness (QED) is 0.177. The molecule has 0 atom stereocenters. The molecule has 0 unspecified atom stereocenters. The molecule has 3 heterocycles. The van der Waals surface area contributed by atoms with E-state index >= 15 is 0 Å². The first kappa shape index (κ1) is 24.9. The summed E-state index contributed by atoms with van der Waals surface area (Å²) in [5.74, 6) is 0.312. The van der Waals surface area contributed by atoms with Gasteiger partial charge in [-0.15, -0.1) is 23.1 Å². The van der Waals surface area contributed by atoms with Crippen molar-refractivity contribution in [2.75, 3.05) is 6.54 Å². The van der Waals surface area contributed by atoms with E-state index in [9.17, 15) is 9.18 Å². The van der Waals surface area contributed by atoms with Crippen molar-refractivity contribution >= 4 is 29.0 Å². The van der Waals surface area contributed by atoms with E-state index in [4.69, 9.17) is 0 Å². The van der Waals surface area contributed by atoms with Crippen molar-refractivity contribution in [2.24, 2.45) is 7.05 Å². The Morgan fingerprint density at radius 1 is 1.16 bits per heavy atom. The zero-order valence-corrected chi connectivity index (χ0v) is 21.8. The predicted octanol–water partition coefficient (Wildman–Crippen LogP) is 5.73. The molecule has 2 aromatic carbocycles. The Balaban J connectivity index is 1.36. The Bertz CT molecular complexity index is 1480. The van der Waals surface area contributed by atoms with E-state index in [1.54, 1.807) is 34.8 Å². The third-order valence-electron chi connectivity index (χ3n) is 5.73. The molecule has 0 radical (unpaired) electrons. The standard InChI is InChI=1S/C27H25FN6OS2/c1-34-12-10-22(33-34)17-36-24-9-6-20(26(35)29-11-2-3-18-14-31-32-15-18)13-23(24)25-16-30-27(37-25)19-4-7-21(28)8-5-19/h4-10,12-16H,2-3,11,17H2,1H3,(H,29,35)(H,31,32). The molecule has 2 N–H and O–H groups in total. The second kappa shape index (κ2) is 11.5. The third-order valence-corrected chi connectivity index (χ3v) is 7.92. The largest absolute Gasteiger partial charge is 0.352 e. The summed E-state index contributed by atoms with van der Waals surface area (Å²) in [5, 5.41) is 15.0. The highest BCUT2D eigenvalue weighted by atomic mass is 32.2. The number of carbonyl (C=O) groups is 1. The van der Waals surface area contributed by atoms with Crippen molar-refractivity contribution in [1.82, 2.24) is 30.3 Å². The Hall–Kier alpha value is -3.76. The highest BCUT2D eigenvalue weighted by Gasteiger charge is 2.15. The van der Waals surface area contributed by atoms with Crippen LogP contribution in [0, 0.1) is 5.82 Å². The van der Waals surface area contributed by atoms with Gasteiger partial charge in [0, 0.05) is 59.5 Å². The summed E-state index contributed by atoms with van der Waals surface area (Å²) in [6.07, 6.45) is 9.07. The Morgan fingerprint density at radius 2 is 2.03 bits per heavy atom. The molecule has 188 valence electrons. The lowest BCUT2D eigenvalue weighted by Gasteiger charge is -2.11. The number of hydrogen-bond donors (Lipinski definition) is 2. The summed E-state index contributed by atoms with van der Waals surface area (Å²) in [6, 6.07) is 14.1. The molecule has 37 heavy (non-hydrogen) atoms. The summed E-state index contributed by atoms with van der Waals surface area (Å²) >= 11 is 3.19. The van der Waals surface area contributed by atoms with Crippen molar-refractivity contribution in [1.29, 1.82) is 0 Å². The summed E-state index contributed by atoms with van der Waals surface area (Å²) in [7, 11) is 1.90. The maximum Gasteiger partial charge on any atom is 0.251 e. The summed E-state index contributed by atoms with van der Waals surface area (Å²) in [4.78, 5) is 19.5. The van der Waals surface area contributed by atoms with Gasteiger partial charge in [-0.2, -0.15) is 10.2 Å². The first-order valence-electron chi connectivity index (χ1n) is 11.8. The van der Waals surface area contributed by atoms with Crippen LogP contribution in [0.5, 0.6) is 0 Å². The molecule has 0 bridgehead atoms. The number of aryl methyl sites for hydroxylation is 2. The van der Waals surface area contributed by atoms with Crippen LogP contribution in [0.3, 0.4) is 0 Å². The van der Waals surface area contributed by atoms with Crippen LogP contribution < -0.4 is 5.32 Å². The lowest BCUT2D eigenvalue weighted by atomic mass is 10.1. The summed E-state index contributed by atoms with van der Waals surface area (Å²) in [6.45, 7) is 0.574. The number of benzene rings is 2. The molecule has 0 spiro atoms. The van der Waals surface area contributed by atoms with Gasteiger partial charge < -0.3 is 5.32 Å². The Morgan fingerprint density at radius 3 is 2.78 bits per heavy atom. The second-order valence-corrected chi connectivity index (χ2v) is 10.5. The third kappa shape index (κ3) is 6.33. The van der Waals surface area contributed by atoms with Gasteiger partial charge in [0.1, 0.15) is 10.8 Å². The zero-order valence-electron chi connectivity index (χ0n) is 20.1. The molecule has 7 nitrogen and oxygen atoms in total. The molecular formula is C27H25FN6OS2. The van der Waals surface area contributed by atoms with Crippen molar-refractivity contribution in [3.8, 4) is 21.0 Å². The van der Waals surface area contributed by atoms with Crippen LogP contribution in [0.2, 0.25) is 0 Å². The first-order chi connectivity index (χ1) is 18.0. The second-order valence-electron chi connectivity index (χ2n) is 8.48. The Kier molecular flexibility index (Phi) is 7.76. The molecule has 10 heteroatoms. The van der Waals surface area contributed by atoms with E-state index in [-0.39, 0.29) is 11.7 Å². The van der Waals surface area contributed by atoms with E-state index < -0.39 is 0 Å². The van der Waals surface area contributed by atoms with Crippen LogP contribution in [0.4, 0.5) is 4.39 Å². The molecule has 0 fully saturated rings. The number of carbonyl (C=O) groups excluding carboxylic acids is 1. The van der Waals surface area contributed by atoms with Crippen LogP contribution >= 0.6 is 23.1 Å². The number of nitrogens with zero attached hydrogens (tertiary/aromatic N) is 4. The molecule has 0 saturated heterocycles. The molecule has 0 aliphatic heterocycles. The predicted molar refractivity (Wildman–Crippen MR) is 145 cm³/mol. The minimum Gasteiger partial charge on any atom is -0.352 e. The smallest absolute Gasteiger partial charge is 0.251 e. The number of thioether (sulfide) groups is 1. The monoisotopic (exact) mass is 532 g/mol. The molecule has 1 amide bonds. The van der Waals surface area contributed by atoms with Gasteiger partial charge in [-0.25, -0.2) is 9.37 Å². The van der Waals surface area contributed by atoms with Crippen LogP contribution in [0.15, 0.2) is 78.2 Å². The average molecular weight is 533 g/mol. The molecule has 5 rings (SSSR count).